The number of ether oxygens (including phenoxy) is 5. The van der Waals surface area contributed by atoms with Crippen molar-refractivity contribution in [3.63, 3.8) is 0 Å². The first-order valence-electron chi connectivity index (χ1n) is 15.8. The van der Waals surface area contributed by atoms with Crippen LogP contribution >= 0.6 is 23.2 Å². The number of sulfonamides is 1. The maximum absolute atomic E-state index is 13.7. The van der Waals surface area contributed by atoms with Crippen molar-refractivity contribution in [2.75, 3.05) is 24.2 Å². The molecule has 0 spiro atoms. The van der Waals surface area contributed by atoms with Gasteiger partial charge in [-0.3, -0.25) is 4.72 Å². The lowest BCUT2D eigenvalue weighted by Crippen LogP contribution is -2.39. The molecule has 0 unspecified atom stereocenters. The van der Waals surface area contributed by atoms with Gasteiger partial charge in [-0.15, -0.1) is 0 Å². The van der Waals surface area contributed by atoms with Gasteiger partial charge in [0.25, 0.3) is 0 Å². The molecule has 2 aliphatic carbocycles. The van der Waals surface area contributed by atoms with Crippen LogP contribution < -0.4 is 23.9 Å². The highest BCUT2D eigenvalue weighted by Gasteiger charge is 2.37. The van der Waals surface area contributed by atoms with E-state index in [0.717, 1.165) is 31.9 Å². The minimum Gasteiger partial charge on any atom is -0.491 e. The Morgan fingerprint density at radius 2 is 1.56 bits per heavy atom. The number of carbonyl (C=O) groups is 2. The largest absolute Gasteiger partial charge is 0.491 e. The number of aromatic amines is 1. The molecule has 5 rings (SSSR count). The van der Waals surface area contributed by atoms with Crippen LogP contribution in [0, 0.1) is 11.8 Å². The summed E-state index contributed by atoms with van der Waals surface area (Å²) in [7, 11) is -3.65. The number of carbonyl (C=O) groups excluding carboxylic acids is 2. The van der Waals surface area contributed by atoms with Gasteiger partial charge in [0.1, 0.15) is 21.9 Å². The van der Waals surface area contributed by atoms with Gasteiger partial charge in [0, 0.05) is 12.0 Å². The summed E-state index contributed by atoms with van der Waals surface area (Å²) in [6, 6.07) is 8.24. The third-order valence-corrected chi connectivity index (χ3v) is 9.15. The van der Waals surface area contributed by atoms with E-state index in [4.69, 9.17) is 42.1 Å². The lowest BCUT2D eigenvalue weighted by molar-refractivity contribution is -0.377. The maximum Gasteiger partial charge on any atom is 0.387 e. The predicted octanol–water partition coefficient (Wildman–Crippen LogP) is 6.82. The summed E-state index contributed by atoms with van der Waals surface area (Å²) in [5, 5.41) is 0.501. The molecular weight excluding hydrogens is 721 g/mol. The highest BCUT2D eigenvalue weighted by molar-refractivity contribution is 7.92. The number of pyridine rings is 1. The van der Waals surface area contributed by atoms with Gasteiger partial charge in [0.05, 0.1) is 30.7 Å². The average Bonchev–Trinajstić information content (AvgIpc) is 3.96. The Morgan fingerprint density at radius 1 is 0.940 bits per heavy atom. The normalized spacial score (nSPS) is 15.3. The molecule has 11 nitrogen and oxygen atoms in total. The van der Waals surface area contributed by atoms with E-state index in [2.05, 4.69) is 14.4 Å². The van der Waals surface area contributed by atoms with Gasteiger partial charge in [-0.25, -0.2) is 23.0 Å². The second kappa shape index (κ2) is 15.6. The van der Waals surface area contributed by atoms with Crippen LogP contribution in [-0.4, -0.2) is 52.0 Å². The van der Waals surface area contributed by atoms with Crippen molar-refractivity contribution in [2.45, 2.75) is 64.3 Å². The fourth-order valence-corrected chi connectivity index (χ4v) is 5.86. The summed E-state index contributed by atoms with van der Waals surface area (Å²) in [5.41, 5.74) is -0.935. The van der Waals surface area contributed by atoms with E-state index in [0.29, 0.717) is 36.2 Å². The van der Waals surface area contributed by atoms with Crippen molar-refractivity contribution in [1.82, 2.24) is 0 Å². The van der Waals surface area contributed by atoms with E-state index in [1.54, 1.807) is 0 Å². The third kappa shape index (κ3) is 10.6. The van der Waals surface area contributed by atoms with E-state index in [9.17, 15) is 26.8 Å². The van der Waals surface area contributed by atoms with Crippen LogP contribution in [0.3, 0.4) is 0 Å². The van der Waals surface area contributed by atoms with Crippen LogP contribution in [-0.2, 0) is 30.7 Å². The Morgan fingerprint density at radius 3 is 2.14 bits per heavy atom. The smallest absolute Gasteiger partial charge is 0.387 e. The van der Waals surface area contributed by atoms with E-state index < -0.39 is 40.3 Å². The molecule has 0 radical (unpaired) electrons. The highest BCUT2D eigenvalue weighted by Crippen LogP contribution is 2.39. The molecule has 2 aromatic carbocycles. The van der Waals surface area contributed by atoms with Gasteiger partial charge >= 0.3 is 18.6 Å². The Bertz CT molecular complexity index is 1820. The van der Waals surface area contributed by atoms with Crippen molar-refractivity contribution >= 4 is 50.9 Å². The number of benzene rings is 2. The molecule has 1 heterocycles. The fraction of sp³-hybridized carbons (Fsp3) is 0.441. The van der Waals surface area contributed by atoms with E-state index >= 15 is 0 Å². The number of anilines is 1. The van der Waals surface area contributed by atoms with Gasteiger partial charge in [-0.2, -0.15) is 8.78 Å². The second-order valence-corrected chi connectivity index (χ2v) is 15.4. The van der Waals surface area contributed by atoms with Crippen LogP contribution in [0.5, 0.6) is 17.2 Å². The van der Waals surface area contributed by atoms with Crippen LogP contribution in [0.1, 0.15) is 67.1 Å². The molecule has 1 aromatic heterocycles. The topological polar surface area (TPSA) is 141 Å². The van der Waals surface area contributed by atoms with E-state index in [1.165, 1.54) is 62.6 Å². The molecule has 270 valence electrons. The van der Waals surface area contributed by atoms with Crippen molar-refractivity contribution in [2.24, 2.45) is 11.8 Å². The Balaban J connectivity index is 1.39. The predicted molar refractivity (Wildman–Crippen MR) is 179 cm³/mol. The molecule has 2 aliphatic rings. The first-order chi connectivity index (χ1) is 23.6. The van der Waals surface area contributed by atoms with Crippen LogP contribution in [0.2, 0.25) is 10.0 Å². The van der Waals surface area contributed by atoms with Crippen LogP contribution in [0.25, 0.3) is 0 Å². The maximum atomic E-state index is 13.7. The number of hydrogen-bond donors (Lipinski definition) is 1. The summed E-state index contributed by atoms with van der Waals surface area (Å²) >= 11 is 12.9. The zero-order valence-electron chi connectivity index (χ0n) is 27.5. The quantitative estimate of drug-likeness (QED) is 0.147. The number of esters is 2. The lowest BCUT2D eigenvalue weighted by atomic mass is 10.0. The summed E-state index contributed by atoms with van der Waals surface area (Å²) in [6.07, 6.45) is 6.71. The zero-order valence-corrected chi connectivity index (χ0v) is 29.8. The fourth-order valence-electron chi connectivity index (χ4n) is 4.76. The number of halogens is 4. The molecule has 50 heavy (non-hydrogen) atoms. The van der Waals surface area contributed by atoms with Gasteiger partial charge in [-0.1, -0.05) is 29.3 Å². The molecular formula is C34H37Cl2F2N2O9S+. The number of H-pyrrole nitrogens is 1. The SMILES string of the molecule is CC(C)(OC(=O)c1ccc(NS(C)(=O)=O)c(OCC2CC2)c1)C(=O)O[C@@H](Cc1c(Cl)c[nH+]cc1Cl)c1ccc(OC(F)F)c(OCC2CC2)c1. The Kier molecular flexibility index (Phi) is 11.6. The zero-order chi connectivity index (χ0) is 36.2. The molecule has 0 aliphatic heterocycles. The van der Waals surface area contributed by atoms with Crippen LogP contribution in [0.4, 0.5) is 14.5 Å². The summed E-state index contributed by atoms with van der Waals surface area (Å²) in [4.78, 5) is 29.9. The molecule has 0 bridgehead atoms. The Hall–Kier alpha value is -3.88. The first kappa shape index (κ1) is 37.4. The molecule has 3 aromatic rings. The molecule has 1 atom stereocenters. The first-order valence-corrected chi connectivity index (χ1v) is 18.5. The van der Waals surface area contributed by atoms with E-state index in [-0.39, 0.29) is 45.0 Å². The molecule has 0 saturated heterocycles. The van der Waals surface area contributed by atoms with Crippen molar-refractivity contribution in [1.29, 1.82) is 0 Å². The standard InChI is InChI=1S/C34H36Cl2F2N2O9S/c1-34(2,49-31(41)22-8-10-26(40-50(3,43)44)29(13-22)45-17-19-4-5-19)32(42)47-28(14-23-24(35)15-39-16-25(23)36)21-9-11-27(48-33(37)38)30(12-21)46-18-20-6-7-20/h8-13,15-16,19-20,28,33,40H,4-7,14,17-18H2,1-3H3/p+1/t28-/m0/s1. The molecule has 16 heteroatoms. The number of alkyl halides is 2. The summed E-state index contributed by atoms with van der Waals surface area (Å²) in [5.74, 6) is -1.23. The lowest BCUT2D eigenvalue weighted by Gasteiger charge is -2.27. The van der Waals surface area contributed by atoms with Gasteiger partial charge < -0.3 is 23.7 Å². The van der Waals surface area contributed by atoms with Crippen molar-refractivity contribution in [3.8, 4) is 17.2 Å². The monoisotopic (exact) mass is 757 g/mol. The minimum atomic E-state index is -3.65. The average molecular weight is 759 g/mol. The number of rotatable bonds is 17. The molecule has 2 N–H and O–H groups in total. The second-order valence-electron chi connectivity index (χ2n) is 12.8. The third-order valence-electron chi connectivity index (χ3n) is 7.89. The number of aromatic nitrogens is 1. The minimum absolute atomic E-state index is 0.00144. The van der Waals surface area contributed by atoms with Gasteiger partial charge in [0.15, 0.2) is 23.9 Å². The number of hydrogen-bond acceptors (Lipinski definition) is 9. The summed E-state index contributed by atoms with van der Waals surface area (Å²) < 4.78 is 80.4. The molecule has 2 saturated carbocycles. The van der Waals surface area contributed by atoms with Crippen LogP contribution in [0.15, 0.2) is 48.8 Å². The van der Waals surface area contributed by atoms with Crippen molar-refractivity contribution < 1.29 is 55.5 Å². The van der Waals surface area contributed by atoms with Crippen molar-refractivity contribution in [3.05, 3.63) is 75.5 Å². The van der Waals surface area contributed by atoms with E-state index in [1.807, 2.05) is 0 Å². The summed E-state index contributed by atoms with van der Waals surface area (Å²) in [6.45, 7) is 0.220. The number of nitrogens with one attached hydrogen (secondary N) is 2. The molecule has 2 fully saturated rings. The Labute approximate surface area is 298 Å². The highest BCUT2D eigenvalue weighted by atomic mass is 35.5. The molecule has 0 amide bonds. The van der Waals surface area contributed by atoms with Gasteiger partial charge in [0.2, 0.25) is 15.6 Å². The van der Waals surface area contributed by atoms with Gasteiger partial charge in [-0.05, 0) is 87.3 Å².